The second-order valence-corrected chi connectivity index (χ2v) is 8.65. The van der Waals surface area contributed by atoms with Gasteiger partial charge in [-0.2, -0.15) is 0 Å². The van der Waals surface area contributed by atoms with Crippen molar-refractivity contribution in [3.8, 4) is 22.7 Å². The summed E-state index contributed by atoms with van der Waals surface area (Å²) in [6.07, 6.45) is 5.01. The zero-order valence-electron chi connectivity index (χ0n) is 19.0. The molecule has 178 valence electrons. The predicted molar refractivity (Wildman–Crippen MR) is 132 cm³/mol. The van der Waals surface area contributed by atoms with E-state index in [2.05, 4.69) is 10.3 Å². The van der Waals surface area contributed by atoms with E-state index in [9.17, 15) is 9.59 Å². The zero-order chi connectivity index (χ0) is 24.4. The summed E-state index contributed by atoms with van der Waals surface area (Å²) >= 11 is 6.04. The number of hydrogen-bond donors (Lipinski definition) is 1. The molecule has 0 aliphatic heterocycles. The van der Waals surface area contributed by atoms with Crippen molar-refractivity contribution in [2.75, 3.05) is 19.0 Å². The van der Waals surface area contributed by atoms with E-state index in [1.165, 1.54) is 6.26 Å². The van der Waals surface area contributed by atoms with E-state index in [1.54, 1.807) is 40.8 Å². The number of furan rings is 1. The normalized spacial score (nSPS) is 12.9. The monoisotopic (exact) mass is 490 g/mol. The third-order valence-electron chi connectivity index (χ3n) is 5.74. The van der Waals surface area contributed by atoms with Crippen LogP contribution in [0.15, 0.2) is 77.5 Å². The predicted octanol–water partition coefficient (Wildman–Crippen LogP) is 5.04. The summed E-state index contributed by atoms with van der Waals surface area (Å²) in [5.74, 6) is 0.627. The number of amides is 2. The maximum absolute atomic E-state index is 13.1. The Morgan fingerprint density at radius 1 is 1.14 bits per heavy atom. The highest BCUT2D eigenvalue weighted by atomic mass is 35.5. The highest BCUT2D eigenvalue weighted by molar-refractivity contribution is 6.30. The highest BCUT2D eigenvalue weighted by Crippen LogP contribution is 2.29. The minimum Gasteiger partial charge on any atom is -0.497 e. The van der Waals surface area contributed by atoms with Gasteiger partial charge in [0, 0.05) is 28.5 Å². The first kappa shape index (κ1) is 22.7. The topological polar surface area (TPSA) is 89.6 Å². The van der Waals surface area contributed by atoms with E-state index >= 15 is 0 Å². The molecule has 4 aromatic rings. The van der Waals surface area contributed by atoms with Crippen molar-refractivity contribution < 1.29 is 18.7 Å². The molecule has 0 saturated heterocycles. The fraction of sp³-hybridized carbons (Fsp3) is 0.192. The molecule has 2 amide bonds. The molecular weight excluding hydrogens is 468 g/mol. The number of ether oxygens (including phenoxy) is 1. The standard InChI is InChI=1S/C26H23ClN4O4/c1-34-21-12-10-20(11-13-21)31-15-22(17-4-6-18(27)7-5-17)28-26(31)29-24(32)16-30(19-8-9-19)25(33)23-3-2-14-35-23/h2-7,10-15,19H,8-9,16H2,1H3,(H,28,29,32). The first-order valence-electron chi connectivity index (χ1n) is 11.2. The quantitative estimate of drug-likeness (QED) is 0.374. The molecule has 0 radical (unpaired) electrons. The van der Waals surface area contributed by atoms with Crippen molar-refractivity contribution in [2.45, 2.75) is 18.9 Å². The minimum absolute atomic E-state index is 0.0318. The molecule has 9 heteroatoms. The average Bonchev–Trinajstić information content (AvgIpc) is 3.39. The third kappa shape index (κ3) is 5.07. The second-order valence-electron chi connectivity index (χ2n) is 8.21. The average molecular weight is 491 g/mol. The van der Waals surface area contributed by atoms with Crippen molar-refractivity contribution in [2.24, 2.45) is 0 Å². The lowest BCUT2D eigenvalue weighted by Gasteiger charge is -2.20. The van der Waals surface area contributed by atoms with Gasteiger partial charge in [0.2, 0.25) is 11.9 Å². The Hall–Kier alpha value is -4.04. The van der Waals surface area contributed by atoms with Crippen LogP contribution < -0.4 is 10.1 Å². The summed E-state index contributed by atoms with van der Waals surface area (Å²) in [6, 6.07) is 18.0. The first-order chi connectivity index (χ1) is 17.0. The van der Waals surface area contributed by atoms with E-state index in [-0.39, 0.29) is 30.2 Å². The Labute approximate surface area is 207 Å². The number of aromatic nitrogens is 2. The largest absolute Gasteiger partial charge is 0.497 e. The summed E-state index contributed by atoms with van der Waals surface area (Å²) < 4.78 is 12.3. The molecule has 2 heterocycles. The summed E-state index contributed by atoms with van der Waals surface area (Å²) in [6.45, 7) is -0.101. The smallest absolute Gasteiger partial charge is 0.290 e. The van der Waals surface area contributed by atoms with E-state index < -0.39 is 0 Å². The molecule has 5 rings (SSSR count). The van der Waals surface area contributed by atoms with Gasteiger partial charge in [0.05, 0.1) is 19.1 Å². The molecule has 8 nitrogen and oxygen atoms in total. The van der Waals surface area contributed by atoms with Gasteiger partial charge >= 0.3 is 0 Å². The summed E-state index contributed by atoms with van der Waals surface area (Å²) in [5.41, 5.74) is 2.31. The molecule has 1 aliphatic rings. The van der Waals surface area contributed by atoms with Gasteiger partial charge in [0.15, 0.2) is 5.76 Å². The number of nitrogens with zero attached hydrogens (tertiary/aromatic N) is 3. The number of halogens is 1. The van der Waals surface area contributed by atoms with Gasteiger partial charge in [-0.15, -0.1) is 0 Å². The molecule has 1 saturated carbocycles. The highest BCUT2D eigenvalue weighted by Gasteiger charge is 2.35. The summed E-state index contributed by atoms with van der Waals surface area (Å²) in [4.78, 5) is 32.1. The number of rotatable bonds is 8. The molecular formula is C26H23ClN4O4. The third-order valence-corrected chi connectivity index (χ3v) is 5.99. The Morgan fingerprint density at radius 3 is 2.51 bits per heavy atom. The number of imidazole rings is 1. The van der Waals surface area contributed by atoms with Crippen molar-refractivity contribution in [3.05, 3.63) is 83.9 Å². The summed E-state index contributed by atoms with van der Waals surface area (Å²) in [5, 5.41) is 3.51. The van der Waals surface area contributed by atoms with Crippen molar-refractivity contribution in [1.29, 1.82) is 0 Å². The Morgan fingerprint density at radius 2 is 1.89 bits per heavy atom. The van der Waals surface area contributed by atoms with Crippen LogP contribution in [0.1, 0.15) is 23.4 Å². The molecule has 2 aromatic carbocycles. The van der Waals surface area contributed by atoms with Gasteiger partial charge in [-0.05, 0) is 61.4 Å². The molecule has 0 unspecified atom stereocenters. The van der Waals surface area contributed by atoms with E-state index in [4.69, 9.17) is 20.8 Å². The van der Waals surface area contributed by atoms with Gasteiger partial charge in [-0.3, -0.25) is 19.5 Å². The lowest BCUT2D eigenvalue weighted by molar-refractivity contribution is -0.117. The van der Waals surface area contributed by atoms with E-state index in [1.807, 2.05) is 42.6 Å². The van der Waals surface area contributed by atoms with Crippen LogP contribution in [0, 0.1) is 0 Å². The number of anilines is 1. The maximum Gasteiger partial charge on any atom is 0.290 e. The van der Waals surface area contributed by atoms with E-state index in [0.717, 1.165) is 24.1 Å². The van der Waals surface area contributed by atoms with Gasteiger partial charge in [-0.1, -0.05) is 23.7 Å². The Kier molecular flexibility index (Phi) is 6.29. The van der Waals surface area contributed by atoms with Crippen LogP contribution in [0.4, 0.5) is 5.95 Å². The molecule has 0 atom stereocenters. The molecule has 2 aromatic heterocycles. The first-order valence-corrected chi connectivity index (χ1v) is 11.5. The lowest BCUT2D eigenvalue weighted by Crippen LogP contribution is -2.39. The molecule has 0 spiro atoms. The number of nitrogens with one attached hydrogen (secondary N) is 1. The molecule has 1 aliphatic carbocycles. The Balaban J connectivity index is 1.42. The van der Waals surface area contributed by atoms with Crippen LogP contribution in [0.3, 0.4) is 0 Å². The Bertz CT molecular complexity index is 1330. The molecule has 0 bridgehead atoms. The molecule has 1 fully saturated rings. The molecule has 35 heavy (non-hydrogen) atoms. The second kappa shape index (κ2) is 9.68. The fourth-order valence-electron chi connectivity index (χ4n) is 3.78. The van der Waals surface area contributed by atoms with E-state index in [0.29, 0.717) is 22.4 Å². The lowest BCUT2D eigenvalue weighted by atomic mass is 10.2. The van der Waals surface area contributed by atoms with Crippen LogP contribution in [0.25, 0.3) is 16.9 Å². The van der Waals surface area contributed by atoms with Crippen LogP contribution in [-0.2, 0) is 4.79 Å². The van der Waals surface area contributed by atoms with Crippen molar-refractivity contribution in [3.63, 3.8) is 0 Å². The number of carbonyl (C=O) groups is 2. The SMILES string of the molecule is COc1ccc(-n2cc(-c3ccc(Cl)cc3)nc2NC(=O)CN(C(=O)c2ccco2)C2CC2)cc1. The molecule has 1 N–H and O–H groups in total. The minimum atomic E-state index is -0.347. The van der Waals surface area contributed by atoms with Gasteiger partial charge in [0.1, 0.15) is 12.3 Å². The van der Waals surface area contributed by atoms with Gasteiger partial charge < -0.3 is 14.1 Å². The number of hydrogen-bond acceptors (Lipinski definition) is 5. The van der Waals surface area contributed by atoms with Crippen LogP contribution in [-0.4, -0.2) is 46.0 Å². The summed E-state index contributed by atoms with van der Waals surface area (Å²) in [7, 11) is 1.60. The number of carbonyl (C=O) groups excluding carboxylic acids is 2. The zero-order valence-corrected chi connectivity index (χ0v) is 19.7. The van der Waals surface area contributed by atoms with Gasteiger partial charge in [0.25, 0.3) is 5.91 Å². The van der Waals surface area contributed by atoms with Crippen molar-refractivity contribution >= 4 is 29.4 Å². The number of methoxy groups -OCH3 is 1. The van der Waals surface area contributed by atoms with Crippen LogP contribution in [0.2, 0.25) is 5.02 Å². The maximum atomic E-state index is 13.1. The number of benzene rings is 2. The van der Waals surface area contributed by atoms with Crippen LogP contribution in [0.5, 0.6) is 5.75 Å². The fourth-order valence-corrected chi connectivity index (χ4v) is 3.91. The van der Waals surface area contributed by atoms with Crippen molar-refractivity contribution in [1.82, 2.24) is 14.5 Å². The van der Waals surface area contributed by atoms with Crippen LogP contribution >= 0.6 is 11.6 Å². The van der Waals surface area contributed by atoms with Gasteiger partial charge in [-0.25, -0.2) is 4.98 Å².